The molecule has 0 aliphatic carbocycles. The summed E-state index contributed by atoms with van der Waals surface area (Å²) in [6.07, 6.45) is 2.37. The van der Waals surface area contributed by atoms with Gasteiger partial charge >= 0.3 is 0 Å². The fourth-order valence-corrected chi connectivity index (χ4v) is 1.86. The van der Waals surface area contributed by atoms with Crippen LogP contribution in [0.15, 0.2) is 24.3 Å². The molecule has 0 amide bonds. The van der Waals surface area contributed by atoms with Gasteiger partial charge in [-0.2, -0.15) is 0 Å². The molecule has 0 aromatic heterocycles. The summed E-state index contributed by atoms with van der Waals surface area (Å²) >= 11 is 0. The first-order valence-electron chi connectivity index (χ1n) is 6.39. The second-order valence-corrected chi connectivity index (χ2v) is 4.57. The zero-order valence-corrected chi connectivity index (χ0v) is 10.6. The van der Waals surface area contributed by atoms with Crippen molar-refractivity contribution in [2.75, 3.05) is 18.5 Å². The molecule has 2 atom stereocenters. The monoisotopic (exact) mass is 235 g/mol. The fraction of sp³-hybridized carbons (Fsp3) is 0.571. The number of anilines is 1. The lowest BCUT2D eigenvalue weighted by Gasteiger charge is -2.16. The average molecular weight is 235 g/mol. The van der Waals surface area contributed by atoms with Crippen molar-refractivity contribution in [2.24, 2.45) is 0 Å². The van der Waals surface area contributed by atoms with Gasteiger partial charge in [-0.05, 0) is 31.9 Å². The molecular weight excluding hydrogens is 214 g/mol. The Hall–Kier alpha value is -1.22. The molecule has 1 aliphatic heterocycles. The van der Waals surface area contributed by atoms with Gasteiger partial charge in [-0.3, -0.25) is 0 Å². The van der Waals surface area contributed by atoms with Crippen molar-refractivity contribution in [1.29, 1.82) is 0 Å². The van der Waals surface area contributed by atoms with E-state index in [1.165, 1.54) is 0 Å². The predicted molar refractivity (Wildman–Crippen MR) is 69.7 cm³/mol. The molecule has 1 heterocycles. The van der Waals surface area contributed by atoms with Crippen LogP contribution < -0.4 is 10.1 Å². The molecule has 1 N–H and O–H groups in total. The van der Waals surface area contributed by atoms with E-state index in [9.17, 15) is 0 Å². The van der Waals surface area contributed by atoms with Gasteiger partial charge < -0.3 is 14.8 Å². The van der Waals surface area contributed by atoms with Crippen LogP contribution in [0.4, 0.5) is 5.69 Å². The summed E-state index contributed by atoms with van der Waals surface area (Å²) in [7, 11) is 0. The van der Waals surface area contributed by atoms with Crippen LogP contribution in [-0.4, -0.2) is 25.4 Å². The highest BCUT2D eigenvalue weighted by molar-refractivity contribution is 5.49. The summed E-state index contributed by atoms with van der Waals surface area (Å²) in [4.78, 5) is 0. The summed E-state index contributed by atoms with van der Waals surface area (Å²) in [5, 5.41) is 3.47. The highest BCUT2D eigenvalue weighted by Crippen LogP contribution is 2.21. The number of benzene rings is 1. The summed E-state index contributed by atoms with van der Waals surface area (Å²) < 4.78 is 11.1. The third-order valence-corrected chi connectivity index (χ3v) is 3.05. The third-order valence-electron chi connectivity index (χ3n) is 3.05. The highest BCUT2D eigenvalue weighted by Gasteiger charge is 2.15. The van der Waals surface area contributed by atoms with Crippen molar-refractivity contribution in [3.63, 3.8) is 0 Å². The molecule has 3 heteroatoms. The minimum Gasteiger partial charge on any atom is -0.491 e. The second kappa shape index (κ2) is 5.92. The van der Waals surface area contributed by atoms with E-state index in [0.717, 1.165) is 37.5 Å². The molecule has 0 saturated carbocycles. The number of hydrogen-bond acceptors (Lipinski definition) is 3. The lowest BCUT2D eigenvalue weighted by atomic mass is 10.2. The lowest BCUT2D eigenvalue weighted by molar-refractivity contribution is 0.195. The molecule has 1 aromatic carbocycles. The SMILES string of the molecule is CC[C@@H](C)Oc1cccc(N[C@@H]2CCOC2)c1. The van der Waals surface area contributed by atoms with Crippen LogP contribution in [0.25, 0.3) is 0 Å². The molecule has 1 aliphatic rings. The van der Waals surface area contributed by atoms with E-state index in [-0.39, 0.29) is 6.10 Å². The molecule has 0 unspecified atom stereocenters. The largest absolute Gasteiger partial charge is 0.491 e. The Morgan fingerprint density at radius 3 is 3.12 bits per heavy atom. The summed E-state index contributed by atoms with van der Waals surface area (Å²) in [6, 6.07) is 8.60. The summed E-state index contributed by atoms with van der Waals surface area (Å²) in [6.45, 7) is 5.88. The van der Waals surface area contributed by atoms with Crippen LogP contribution in [0.5, 0.6) is 5.75 Å². The molecule has 17 heavy (non-hydrogen) atoms. The Bertz CT molecular complexity index is 348. The predicted octanol–water partition coefficient (Wildman–Crippen LogP) is 3.06. The number of rotatable bonds is 5. The fourth-order valence-electron chi connectivity index (χ4n) is 1.86. The van der Waals surface area contributed by atoms with Crippen molar-refractivity contribution in [3.05, 3.63) is 24.3 Å². The van der Waals surface area contributed by atoms with Crippen LogP contribution in [-0.2, 0) is 4.74 Å². The van der Waals surface area contributed by atoms with Gasteiger partial charge in [0.15, 0.2) is 0 Å². The Labute approximate surface area is 103 Å². The molecule has 0 spiro atoms. The maximum absolute atomic E-state index is 5.80. The quantitative estimate of drug-likeness (QED) is 0.850. The Morgan fingerprint density at radius 2 is 2.41 bits per heavy atom. The van der Waals surface area contributed by atoms with Gasteiger partial charge in [0, 0.05) is 18.4 Å². The van der Waals surface area contributed by atoms with Gasteiger partial charge in [-0.15, -0.1) is 0 Å². The van der Waals surface area contributed by atoms with Crippen LogP contribution >= 0.6 is 0 Å². The van der Waals surface area contributed by atoms with E-state index < -0.39 is 0 Å². The van der Waals surface area contributed by atoms with Gasteiger partial charge in [0.1, 0.15) is 5.75 Å². The molecule has 3 nitrogen and oxygen atoms in total. The zero-order valence-electron chi connectivity index (χ0n) is 10.6. The van der Waals surface area contributed by atoms with Crippen LogP contribution in [0, 0.1) is 0 Å². The first-order valence-corrected chi connectivity index (χ1v) is 6.39. The van der Waals surface area contributed by atoms with E-state index >= 15 is 0 Å². The third kappa shape index (κ3) is 3.63. The molecule has 1 saturated heterocycles. The molecule has 94 valence electrons. The van der Waals surface area contributed by atoms with Crippen molar-refractivity contribution < 1.29 is 9.47 Å². The number of hydrogen-bond donors (Lipinski definition) is 1. The van der Waals surface area contributed by atoms with E-state index in [0.29, 0.717) is 6.04 Å². The Kier molecular flexibility index (Phi) is 4.26. The maximum Gasteiger partial charge on any atom is 0.121 e. The van der Waals surface area contributed by atoms with Gasteiger partial charge in [0.05, 0.1) is 18.8 Å². The summed E-state index contributed by atoms with van der Waals surface area (Å²) in [5.41, 5.74) is 1.11. The maximum atomic E-state index is 5.80. The minimum absolute atomic E-state index is 0.264. The topological polar surface area (TPSA) is 30.5 Å². The van der Waals surface area contributed by atoms with Gasteiger partial charge in [0.2, 0.25) is 0 Å². The van der Waals surface area contributed by atoms with Crippen molar-refractivity contribution in [2.45, 2.75) is 38.8 Å². The molecular formula is C14H21NO2. The molecule has 1 aromatic rings. The Balaban J connectivity index is 1.95. The lowest BCUT2D eigenvalue weighted by Crippen LogP contribution is -2.18. The van der Waals surface area contributed by atoms with E-state index in [4.69, 9.17) is 9.47 Å². The van der Waals surface area contributed by atoms with E-state index in [2.05, 4.69) is 31.3 Å². The molecule has 0 radical (unpaired) electrons. The highest BCUT2D eigenvalue weighted by atomic mass is 16.5. The van der Waals surface area contributed by atoms with Crippen molar-refractivity contribution in [3.8, 4) is 5.75 Å². The molecule has 2 rings (SSSR count). The van der Waals surface area contributed by atoms with Gasteiger partial charge in [-0.25, -0.2) is 0 Å². The van der Waals surface area contributed by atoms with E-state index in [1.807, 2.05) is 12.1 Å². The Morgan fingerprint density at radius 1 is 1.53 bits per heavy atom. The normalized spacial score (nSPS) is 21.2. The first-order chi connectivity index (χ1) is 8.28. The van der Waals surface area contributed by atoms with Crippen LogP contribution in [0.2, 0.25) is 0 Å². The van der Waals surface area contributed by atoms with Gasteiger partial charge in [-0.1, -0.05) is 13.0 Å². The minimum atomic E-state index is 0.264. The molecule has 1 fully saturated rings. The second-order valence-electron chi connectivity index (χ2n) is 4.57. The van der Waals surface area contributed by atoms with Gasteiger partial charge in [0.25, 0.3) is 0 Å². The average Bonchev–Trinajstić information content (AvgIpc) is 2.82. The molecule has 0 bridgehead atoms. The number of nitrogens with one attached hydrogen (secondary N) is 1. The number of ether oxygens (including phenoxy) is 2. The van der Waals surface area contributed by atoms with Crippen molar-refractivity contribution >= 4 is 5.69 Å². The summed E-state index contributed by atoms with van der Waals surface area (Å²) in [5.74, 6) is 0.934. The van der Waals surface area contributed by atoms with E-state index in [1.54, 1.807) is 0 Å². The zero-order chi connectivity index (χ0) is 12.1. The first kappa shape index (κ1) is 12.2. The van der Waals surface area contributed by atoms with Crippen LogP contribution in [0.3, 0.4) is 0 Å². The van der Waals surface area contributed by atoms with Crippen LogP contribution in [0.1, 0.15) is 26.7 Å². The standard InChI is InChI=1S/C14H21NO2/c1-3-11(2)17-14-6-4-5-12(9-14)15-13-7-8-16-10-13/h4-6,9,11,13,15H,3,7-8,10H2,1-2H3/t11-,13-/m1/s1. The van der Waals surface area contributed by atoms with Crippen molar-refractivity contribution in [1.82, 2.24) is 0 Å². The smallest absolute Gasteiger partial charge is 0.121 e.